The number of rotatable bonds is 6. The van der Waals surface area contributed by atoms with Gasteiger partial charge in [0.25, 0.3) is 0 Å². The molecule has 0 saturated carbocycles. The van der Waals surface area contributed by atoms with Gasteiger partial charge in [-0.15, -0.1) is 0 Å². The average Bonchev–Trinajstić information content (AvgIpc) is 3.27. The maximum absolute atomic E-state index is 13.2. The van der Waals surface area contributed by atoms with E-state index in [1.807, 2.05) is 36.5 Å². The molecule has 0 spiro atoms. The van der Waals surface area contributed by atoms with Crippen molar-refractivity contribution in [1.29, 1.82) is 0 Å². The van der Waals surface area contributed by atoms with Gasteiger partial charge in [-0.05, 0) is 79.8 Å². The Morgan fingerprint density at radius 1 is 1.03 bits per heavy atom. The Labute approximate surface area is 195 Å². The smallest absolute Gasteiger partial charge is 0.243 e. The highest BCUT2D eigenvalue weighted by Gasteiger charge is 2.32. The maximum atomic E-state index is 13.2. The summed E-state index contributed by atoms with van der Waals surface area (Å²) in [5.41, 5.74) is 4.75. The molecular weight excluding hydrogens is 434 g/mol. The van der Waals surface area contributed by atoms with Crippen LogP contribution in [0.3, 0.4) is 0 Å². The quantitative estimate of drug-likeness (QED) is 0.581. The second-order valence-corrected chi connectivity index (χ2v) is 11.2. The summed E-state index contributed by atoms with van der Waals surface area (Å²) in [4.78, 5) is 16.3. The molecule has 6 nitrogen and oxygen atoms in total. The van der Waals surface area contributed by atoms with Gasteiger partial charge in [0.1, 0.15) is 0 Å². The number of fused-ring (bicyclic) bond motifs is 2. The molecule has 2 aromatic carbocycles. The van der Waals surface area contributed by atoms with Crippen LogP contribution in [0.1, 0.15) is 42.4 Å². The number of amides is 1. The summed E-state index contributed by atoms with van der Waals surface area (Å²) in [5.74, 6) is -0.108. The van der Waals surface area contributed by atoms with Crippen LogP contribution in [0.25, 0.3) is 10.9 Å². The fourth-order valence-corrected chi connectivity index (χ4v) is 6.70. The second kappa shape index (κ2) is 9.31. The van der Waals surface area contributed by atoms with Gasteiger partial charge in [0.15, 0.2) is 0 Å². The summed E-state index contributed by atoms with van der Waals surface area (Å²) in [7, 11) is -3.51. The molecule has 1 aromatic heterocycles. The Morgan fingerprint density at radius 2 is 1.79 bits per heavy atom. The van der Waals surface area contributed by atoms with E-state index in [9.17, 15) is 13.2 Å². The van der Waals surface area contributed by atoms with Gasteiger partial charge in [0.05, 0.1) is 4.90 Å². The first-order valence-electron chi connectivity index (χ1n) is 12.0. The fraction of sp³-hybridized carbons (Fsp3) is 0.423. The van der Waals surface area contributed by atoms with E-state index in [0.717, 1.165) is 31.2 Å². The summed E-state index contributed by atoms with van der Waals surface area (Å²) < 4.78 is 27.9. The molecule has 1 aliphatic heterocycles. The molecule has 2 N–H and O–H groups in total. The number of H-pyrrole nitrogens is 1. The summed E-state index contributed by atoms with van der Waals surface area (Å²) in [6.45, 7) is 1.36. The lowest BCUT2D eigenvalue weighted by atomic mass is 9.92. The molecule has 5 rings (SSSR count). The minimum atomic E-state index is -3.51. The van der Waals surface area contributed by atoms with Crippen LogP contribution >= 0.6 is 0 Å². The number of carbonyl (C=O) groups is 1. The second-order valence-electron chi connectivity index (χ2n) is 9.22. The highest BCUT2D eigenvalue weighted by atomic mass is 32.2. The van der Waals surface area contributed by atoms with Crippen LogP contribution in [-0.2, 0) is 34.1 Å². The summed E-state index contributed by atoms with van der Waals surface area (Å²) >= 11 is 0. The number of aromatic nitrogens is 1. The average molecular weight is 466 g/mol. The fourth-order valence-electron chi connectivity index (χ4n) is 5.18. The van der Waals surface area contributed by atoms with E-state index in [2.05, 4.69) is 16.4 Å². The largest absolute Gasteiger partial charge is 0.361 e. The van der Waals surface area contributed by atoms with Crippen LogP contribution in [0.4, 0.5) is 0 Å². The number of aromatic amines is 1. The molecule has 1 amide bonds. The predicted molar refractivity (Wildman–Crippen MR) is 130 cm³/mol. The first-order valence-corrected chi connectivity index (χ1v) is 13.4. The number of piperidine rings is 1. The van der Waals surface area contributed by atoms with E-state index in [1.165, 1.54) is 28.5 Å². The van der Waals surface area contributed by atoms with Crippen molar-refractivity contribution in [2.24, 2.45) is 5.92 Å². The van der Waals surface area contributed by atoms with Crippen molar-refractivity contribution in [3.05, 3.63) is 65.4 Å². The standard InChI is InChI=1S/C26H31N3O3S/c30-26(27-14-11-22-18-28-25-8-4-3-7-24(22)25)20-12-15-29(16-13-20)33(31,32)23-10-9-19-5-1-2-6-21(19)17-23/h3-4,7-10,17-18,20,28H,1-2,5-6,11-16H2,(H,27,30). The van der Waals surface area contributed by atoms with Gasteiger partial charge in [-0.25, -0.2) is 8.42 Å². The SMILES string of the molecule is O=C(NCCc1c[nH]c2ccccc12)C1CCN(S(=O)(=O)c2ccc3c(c2)CCCC3)CC1. The number of benzene rings is 2. The van der Waals surface area contributed by atoms with Crippen LogP contribution in [0.5, 0.6) is 0 Å². The summed E-state index contributed by atoms with van der Waals surface area (Å²) in [6, 6.07) is 13.8. The van der Waals surface area contributed by atoms with E-state index >= 15 is 0 Å². The lowest BCUT2D eigenvalue weighted by Gasteiger charge is -2.31. The zero-order valence-electron chi connectivity index (χ0n) is 18.8. The zero-order chi connectivity index (χ0) is 22.8. The molecule has 33 heavy (non-hydrogen) atoms. The minimum absolute atomic E-state index is 0.0284. The Balaban J connectivity index is 1.14. The number of sulfonamides is 1. The van der Waals surface area contributed by atoms with Crippen molar-refractivity contribution in [2.45, 2.75) is 49.8 Å². The number of para-hydroxylation sites is 1. The summed E-state index contributed by atoms with van der Waals surface area (Å²) in [5, 5.41) is 4.24. The number of nitrogens with zero attached hydrogens (tertiary/aromatic N) is 1. The molecule has 174 valence electrons. The van der Waals surface area contributed by atoms with Crippen molar-refractivity contribution in [2.75, 3.05) is 19.6 Å². The third kappa shape index (κ3) is 4.57. The zero-order valence-corrected chi connectivity index (χ0v) is 19.7. The van der Waals surface area contributed by atoms with Gasteiger partial charge >= 0.3 is 0 Å². The van der Waals surface area contributed by atoms with Crippen molar-refractivity contribution in [3.8, 4) is 0 Å². The molecule has 2 aliphatic rings. The molecular formula is C26H31N3O3S. The van der Waals surface area contributed by atoms with Crippen LogP contribution in [0.15, 0.2) is 53.6 Å². The molecule has 3 aromatic rings. The third-order valence-electron chi connectivity index (χ3n) is 7.15. The Kier molecular flexibility index (Phi) is 6.25. The molecule has 0 bridgehead atoms. The first kappa shape index (κ1) is 22.2. The third-order valence-corrected chi connectivity index (χ3v) is 9.05. The minimum Gasteiger partial charge on any atom is -0.361 e. The molecule has 0 atom stereocenters. The Morgan fingerprint density at radius 3 is 2.61 bits per heavy atom. The van der Waals surface area contributed by atoms with E-state index in [0.29, 0.717) is 37.4 Å². The normalized spacial score (nSPS) is 17.7. The highest BCUT2D eigenvalue weighted by Crippen LogP contribution is 2.28. The molecule has 1 saturated heterocycles. The van der Waals surface area contributed by atoms with E-state index < -0.39 is 10.0 Å². The van der Waals surface area contributed by atoms with E-state index in [-0.39, 0.29) is 11.8 Å². The van der Waals surface area contributed by atoms with Crippen LogP contribution < -0.4 is 5.32 Å². The Hall–Kier alpha value is -2.64. The van der Waals surface area contributed by atoms with Crippen LogP contribution in [0, 0.1) is 5.92 Å². The van der Waals surface area contributed by atoms with Gasteiger partial charge < -0.3 is 10.3 Å². The maximum Gasteiger partial charge on any atom is 0.243 e. The van der Waals surface area contributed by atoms with Crippen LogP contribution in [-0.4, -0.2) is 43.2 Å². The molecule has 1 aliphatic carbocycles. The number of aryl methyl sites for hydroxylation is 2. The topological polar surface area (TPSA) is 82.3 Å². The summed E-state index contributed by atoms with van der Waals surface area (Å²) in [6.07, 6.45) is 8.18. The monoisotopic (exact) mass is 465 g/mol. The van der Waals surface area contributed by atoms with Crippen molar-refractivity contribution >= 4 is 26.8 Å². The number of nitrogens with one attached hydrogen (secondary N) is 2. The Bertz CT molecular complexity index is 1260. The first-order chi connectivity index (χ1) is 16.0. The number of hydrogen-bond donors (Lipinski definition) is 2. The lowest BCUT2D eigenvalue weighted by molar-refractivity contribution is -0.126. The molecule has 0 unspecified atom stereocenters. The van der Waals surface area contributed by atoms with Gasteiger partial charge in [-0.1, -0.05) is 24.3 Å². The van der Waals surface area contributed by atoms with Gasteiger partial charge in [-0.3, -0.25) is 4.79 Å². The van der Waals surface area contributed by atoms with Gasteiger partial charge in [0.2, 0.25) is 15.9 Å². The lowest BCUT2D eigenvalue weighted by Crippen LogP contribution is -2.43. The van der Waals surface area contributed by atoms with Crippen molar-refractivity contribution in [1.82, 2.24) is 14.6 Å². The van der Waals surface area contributed by atoms with Crippen molar-refractivity contribution in [3.63, 3.8) is 0 Å². The van der Waals surface area contributed by atoms with E-state index in [4.69, 9.17) is 0 Å². The molecule has 0 radical (unpaired) electrons. The predicted octanol–water partition coefficient (Wildman–Crippen LogP) is 3.81. The molecule has 2 heterocycles. The van der Waals surface area contributed by atoms with Gasteiger partial charge in [0, 0.05) is 42.7 Å². The van der Waals surface area contributed by atoms with Gasteiger partial charge in [-0.2, -0.15) is 4.31 Å². The number of carbonyl (C=O) groups excluding carboxylic acids is 1. The van der Waals surface area contributed by atoms with Crippen LogP contribution in [0.2, 0.25) is 0 Å². The van der Waals surface area contributed by atoms with E-state index in [1.54, 1.807) is 10.4 Å². The number of hydrogen-bond acceptors (Lipinski definition) is 3. The highest BCUT2D eigenvalue weighted by molar-refractivity contribution is 7.89. The molecule has 7 heteroatoms. The molecule has 1 fully saturated rings. The van der Waals surface area contributed by atoms with Crippen molar-refractivity contribution < 1.29 is 13.2 Å².